The van der Waals surface area contributed by atoms with Crippen LogP contribution in [0.5, 0.6) is 0 Å². The van der Waals surface area contributed by atoms with Gasteiger partial charge in [-0.25, -0.2) is 9.31 Å². The van der Waals surface area contributed by atoms with Crippen LogP contribution in [0.2, 0.25) is 0 Å². The Kier molecular flexibility index (Phi) is 3.39. The van der Waals surface area contributed by atoms with Crippen molar-refractivity contribution >= 4 is 11.5 Å². The standard InChI is InChI=1S/C16H15N3O2/c1-3-21-16(20)14-13-9-4-5-10-19(13)18-15(14)12-8-6-7-11(2)17-12/h4-10H,3H2,1-2H3. The van der Waals surface area contributed by atoms with Crippen LogP contribution in [0, 0.1) is 6.92 Å². The van der Waals surface area contributed by atoms with Gasteiger partial charge in [0.25, 0.3) is 0 Å². The minimum Gasteiger partial charge on any atom is -0.462 e. The summed E-state index contributed by atoms with van der Waals surface area (Å²) in [6.45, 7) is 4.02. The Labute approximate surface area is 122 Å². The molecular formula is C16H15N3O2. The quantitative estimate of drug-likeness (QED) is 0.693. The van der Waals surface area contributed by atoms with E-state index in [1.807, 2.05) is 43.3 Å². The number of carbonyl (C=O) groups excluding carboxylic acids is 1. The Bertz CT molecular complexity index is 808. The summed E-state index contributed by atoms with van der Waals surface area (Å²) in [5.41, 5.74) is 3.26. The smallest absolute Gasteiger partial charge is 0.342 e. The van der Waals surface area contributed by atoms with Crippen LogP contribution < -0.4 is 0 Å². The van der Waals surface area contributed by atoms with Crippen molar-refractivity contribution in [1.82, 2.24) is 14.6 Å². The maximum Gasteiger partial charge on any atom is 0.342 e. The van der Waals surface area contributed by atoms with Gasteiger partial charge in [0.05, 0.1) is 17.8 Å². The minimum absolute atomic E-state index is 0.323. The summed E-state index contributed by atoms with van der Waals surface area (Å²) in [7, 11) is 0. The molecule has 3 rings (SSSR count). The second kappa shape index (κ2) is 5.36. The number of nitrogens with zero attached hydrogens (tertiary/aromatic N) is 3. The number of fused-ring (bicyclic) bond motifs is 1. The number of aryl methyl sites for hydroxylation is 1. The third kappa shape index (κ3) is 2.38. The summed E-state index contributed by atoms with van der Waals surface area (Å²) in [4.78, 5) is 16.8. The first kappa shape index (κ1) is 13.3. The van der Waals surface area contributed by atoms with E-state index in [0.717, 1.165) is 5.69 Å². The molecular weight excluding hydrogens is 266 g/mol. The van der Waals surface area contributed by atoms with Crippen LogP contribution >= 0.6 is 0 Å². The first-order valence-corrected chi connectivity index (χ1v) is 6.79. The predicted octanol–water partition coefficient (Wildman–Crippen LogP) is 2.88. The fraction of sp³-hybridized carbons (Fsp3) is 0.188. The van der Waals surface area contributed by atoms with E-state index in [-0.39, 0.29) is 5.97 Å². The molecule has 3 aromatic heterocycles. The molecule has 5 heteroatoms. The van der Waals surface area contributed by atoms with Crippen LogP contribution in [0.3, 0.4) is 0 Å². The van der Waals surface area contributed by atoms with Gasteiger partial charge in [-0.1, -0.05) is 12.1 Å². The molecule has 0 aromatic carbocycles. The zero-order valence-electron chi connectivity index (χ0n) is 11.9. The molecule has 0 N–H and O–H groups in total. The second-order valence-corrected chi connectivity index (χ2v) is 4.64. The number of ether oxygens (including phenoxy) is 1. The molecule has 3 heterocycles. The number of aromatic nitrogens is 3. The molecule has 0 saturated heterocycles. The van der Waals surface area contributed by atoms with Crippen molar-refractivity contribution in [3.05, 3.63) is 53.9 Å². The first-order valence-electron chi connectivity index (χ1n) is 6.79. The second-order valence-electron chi connectivity index (χ2n) is 4.64. The highest BCUT2D eigenvalue weighted by atomic mass is 16.5. The van der Waals surface area contributed by atoms with Crippen molar-refractivity contribution in [3.63, 3.8) is 0 Å². The number of esters is 1. The van der Waals surface area contributed by atoms with Crippen molar-refractivity contribution in [1.29, 1.82) is 0 Å². The van der Waals surface area contributed by atoms with Crippen molar-refractivity contribution in [2.45, 2.75) is 13.8 Å². The van der Waals surface area contributed by atoms with Gasteiger partial charge < -0.3 is 4.74 Å². The molecule has 0 spiro atoms. The zero-order chi connectivity index (χ0) is 14.8. The highest BCUT2D eigenvalue weighted by Crippen LogP contribution is 2.25. The lowest BCUT2D eigenvalue weighted by atomic mass is 10.1. The number of pyridine rings is 2. The molecule has 0 bridgehead atoms. The predicted molar refractivity (Wildman–Crippen MR) is 79.1 cm³/mol. The maximum absolute atomic E-state index is 12.3. The molecule has 0 aliphatic rings. The van der Waals surface area contributed by atoms with Gasteiger partial charge in [-0.15, -0.1) is 0 Å². The fourth-order valence-corrected chi connectivity index (χ4v) is 2.26. The summed E-state index contributed by atoms with van der Waals surface area (Å²) < 4.78 is 6.84. The third-order valence-electron chi connectivity index (χ3n) is 3.15. The van der Waals surface area contributed by atoms with Gasteiger partial charge >= 0.3 is 5.97 Å². The van der Waals surface area contributed by atoms with Gasteiger partial charge in [-0.2, -0.15) is 5.10 Å². The average molecular weight is 281 g/mol. The lowest BCUT2D eigenvalue weighted by Gasteiger charge is -2.03. The molecule has 0 saturated carbocycles. The van der Waals surface area contributed by atoms with Crippen LogP contribution in [-0.2, 0) is 4.74 Å². The largest absolute Gasteiger partial charge is 0.462 e. The number of rotatable bonds is 3. The van der Waals surface area contributed by atoms with Crippen LogP contribution in [0.25, 0.3) is 16.9 Å². The monoisotopic (exact) mass is 281 g/mol. The van der Waals surface area contributed by atoms with Crippen LogP contribution in [-0.4, -0.2) is 27.2 Å². The van der Waals surface area contributed by atoms with E-state index in [0.29, 0.717) is 29.1 Å². The van der Waals surface area contributed by atoms with E-state index < -0.39 is 0 Å². The maximum atomic E-state index is 12.3. The van der Waals surface area contributed by atoms with Crippen molar-refractivity contribution < 1.29 is 9.53 Å². The van der Waals surface area contributed by atoms with E-state index in [9.17, 15) is 4.79 Å². The number of hydrogen-bond donors (Lipinski definition) is 0. The number of hydrogen-bond acceptors (Lipinski definition) is 4. The minimum atomic E-state index is -0.378. The van der Waals surface area contributed by atoms with E-state index in [1.54, 1.807) is 17.6 Å². The summed E-state index contributed by atoms with van der Waals surface area (Å²) >= 11 is 0. The zero-order valence-corrected chi connectivity index (χ0v) is 11.9. The molecule has 0 aliphatic carbocycles. The van der Waals surface area contributed by atoms with Crippen LogP contribution in [0.15, 0.2) is 42.6 Å². The number of carbonyl (C=O) groups is 1. The highest BCUT2D eigenvalue weighted by Gasteiger charge is 2.22. The molecule has 21 heavy (non-hydrogen) atoms. The van der Waals surface area contributed by atoms with E-state index in [1.165, 1.54) is 0 Å². The molecule has 0 fully saturated rings. The van der Waals surface area contributed by atoms with Crippen molar-refractivity contribution in [3.8, 4) is 11.4 Å². The molecule has 106 valence electrons. The lowest BCUT2D eigenvalue weighted by molar-refractivity contribution is 0.0529. The fourth-order valence-electron chi connectivity index (χ4n) is 2.26. The Morgan fingerprint density at radius 2 is 2.10 bits per heavy atom. The van der Waals surface area contributed by atoms with Gasteiger partial charge in [0.15, 0.2) is 0 Å². The van der Waals surface area contributed by atoms with E-state index in [2.05, 4.69) is 10.1 Å². The van der Waals surface area contributed by atoms with Crippen molar-refractivity contribution in [2.24, 2.45) is 0 Å². The van der Waals surface area contributed by atoms with Gasteiger partial charge in [0.2, 0.25) is 0 Å². The van der Waals surface area contributed by atoms with Crippen LogP contribution in [0.4, 0.5) is 0 Å². The SMILES string of the molecule is CCOC(=O)c1c(-c2cccc(C)n2)nn2ccccc12. The van der Waals surface area contributed by atoms with Gasteiger partial charge in [0, 0.05) is 11.9 Å². The molecule has 0 amide bonds. The Morgan fingerprint density at radius 3 is 2.86 bits per heavy atom. The summed E-state index contributed by atoms with van der Waals surface area (Å²) in [6, 6.07) is 11.2. The molecule has 0 unspecified atom stereocenters. The highest BCUT2D eigenvalue weighted by molar-refractivity contribution is 6.03. The van der Waals surface area contributed by atoms with Gasteiger partial charge in [-0.05, 0) is 38.1 Å². The summed E-state index contributed by atoms with van der Waals surface area (Å²) in [5.74, 6) is -0.378. The van der Waals surface area contributed by atoms with Crippen molar-refractivity contribution in [2.75, 3.05) is 6.61 Å². The molecule has 0 atom stereocenters. The third-order valence-corrected chi connectivity index (χ3v) is 3.15. The normalized spacial score (nSPS) is 10.8. The van der Waals surface area contributed by atoms with E-state index >= 15 is 0 Å². The summed E-state index contributed by atoms with van der Waals surface area (Å²) in [5, 5.41) is 4.48. The molecule has 0 radical (unpaired) electrons. The Hall–Kier alpha value is -2.69. The Morgan fingerprint density at radius 1 is 1.24 bits per heavy atom. The van der Waals surface area contributed by atoms with Crippen LogP contribution in [0.1, 0.15) is 23.0 Å². The Balaban J connectivity index is 2.26. The van der Waals surface area contributed by atoms with Gasteiger partial charge in [0.1, 0.15) is 11.3 Å². The average Bonchev–Trinajstić information content (AvgIpc) is 2.87. The molecule has 0 aliphatic heterocycles. The topological polar surface area (TPSA) is 56.5 Å². The van der Waals surface area contributed by atoms with Gasteiger partial charge in [-0.3, -0.25) is 4.98 Å². The molecule has 5 nitrogen and oxygen atoms in total. The first-order chi connectivity index (χ1) is 10.2. The lowest BCUT2D eigenvalue weighted by Crippen LogP contribution is -2.06. The molecule has 3 aromatic rings. The summed E-state index contributed by atoms with van der Waals surface area (Å²) in [6.07, 6.45) is 1.80. The van der Waals surface area contributed by atoms with E-state index in [4.69, 9.17) is 4.74 Å².